The van der Waals surface area contributed by atoms with Crippen molar-refractivity contribution in [3.8, 4) is 0 Å². The second-order valence-corrected chi connectivity index (χ2v) is 9.72. The zero-order valence-electron chi connectivity index (χ0n) is 15.9. The smallest absolute Gasteiger partial charge is 0.239 e. The lowest BCUT2D eigenvalue weighted by Gasteiger charge is -2.40. The van der Waals surface area contributed by atoms with Gasteiger partial charge in [0.05, 0.1) is 17.5 Å². The summed E-state index contributed by atoms with van der Waals surface area (Å²) in [7, 11) is -1.24. The van der Waals surface area contributed by atoms with E-state index in [9.17, 15) is 13.2 Å². The highest BCUT2D eigenvalue weighted by molar-refractivity contribution is 7.91. The van der Waals surface area contributed by atoms with Crippen molar-refractivity contribution in [1.29, 1.82) is 0 Å². The van der Waals surface area contributed by atoms with Crippen molar-refractivity contribution < 1.29 is 13.2 Å². The maximum absolute atomic E-state index is 12.8. The van der Waals surface area contributed by atoms with Crippen molar-refractivity contribution in [2.75, 3.05) is 49.6 Å². The van der Waals surface area contributed by atoms with Crippen molar-refractivity contribution >= 4 is 21.4 Å². The van der Waals surface area contributed by atoms with Gasteiger partial charge in [-0.2, -0.15) is 0 Å². The minimum Gasteiger partial charge on any atom is -0.369 e. The highest BCUT2D eigenvalue weighted by Gasteiger charge is 2.36. The molecule has 0 radical (unpaired) electrons. The van der Waals surface area contributed by atoms with Gasteiger partial charge >= 0.3 is 0 Å². The standard InChI is InChI=1S/C19H29N3O3S/c1-15-6-4-5-7-18(15)22-11-9-21(10-12-22)16(2)19(23)20(3)17-8-13-26(24,25)14-17/h4-7,16-17H,8-14H2,1-3H3. The van der Waals surface area contributed by atoms with Crippen LogP contribution in [-0.4, -0.2) is 80.9 Å². The van der Waals surface area contributed by atoms with Crippen LogP contribution >= 0.6 is 0 Å². The minimum atomic E-state index is -2.98. The van der Waals surface area contributed by atoms with Crippen molar-refractivity contribution in [2.45, 2.75) is 32.4 Å². The van der Waals surface area contributed by atoms with Gasteiger partial charge in [0.2, 0.25) is 5.91 Å². The van der Waals surface area contributed by atoms with Gasteiger partial charge in [-0.25, -0.2) is 8.42 Å². The first-order valence-corrected chi connectivity index (χ1v) is 11.1. The van der Waals surface area contributed by atoms with Crippen LogP contribution in [0.5, 0.6) is 0 Å². The number of carbonyl (C=O) groups is 1. The first-order valence-electron chi connectivity index (χ1n) is 9.30. The van der Waals surface area contributed by atoms with Crippen LogP contribution in [0.4, 0.5) is 5.69 Å². The number of hydrogen-bond acceptors (Lipinski definition) is 5. The Morgan fingerprint density at radius 1 is 1.19 bits per heavy atom. The summed E-state index contributed by atoms with van der Waals surface area (Å²) < 4.78 is 23.4. The fourth-order valence-electron chi connectivity index (χ4n) is 3.98. The molecule has 2 aliphatic heterocycles. The Morgan fingerprint density at radius 3 is 2.42 bits per heavy atom. The van der Waals surface area contributed by atoms with E-state index in [0.717, 1.165) is 26.2 Å². The number of sulfone groups is 1. The largest absolute Gasteiger partial charge is 0.369 e. The van der Waals surface area contributed by atoms with Gasteiger partial charge in [0, 0.05) is 45.0 Å². The molecule has 0 aliphatic carbocycles. The molecule has 3 rings (SSSR count). The maximum Gasteiger partial charge on any atom is 0.239 e. The Bertz CT molecular complexity index is 757. The van der Waals surface area contributed by atoms with Gasteiger partial charge < -0.3 is 9.80 Å². The number of likely N-dealkylation sites (N-methyl/N-ethyl adjacent to an activating group) is 1. The van der Waals surface area contributed by atoms with Crippen LogP contribution in [0.2, 0.25) is 0 Å². The maximum atomic E-state index is 12.8. The van der Waals surface area contributed by atoms with Crippen molar-refractivity contribution in [2.24, 2.45) is 0 Å². The molecule has 0 spiro atoms. The van der Waals surface area contributed by atoms with Crippen LogP contribution < -0.4 is 4.90 Å². The molecule has 2 fully saturated rings. The van der Waals surface area contributed by atoms with Gasteiger partial charge in [0.25, 0.3) is 0 Å². The topological polar surface area (TPSA) is 60.9 Å². The molecule has 1 amide bonds. The van der Waals surface area contributed by atoms with E-state index >= 15 is 0 Å². The molecule has 2 aliphatic rings. The summed E-state index contributed by atoms with van der Waals surface area (Å²) in [5.41, 5.74) is 2.53. The average molecular weight is 380 g/mol. The Kier molecular flexibility index (Phi) is 5.58. The van der Waals surface area contributed by atoms with E-state index in [1.165, 1.54) is 11.3 Å². The second-order valence-electron chi connectivity index (χ2n) is 7.49. The number of carbonyl (C=O) groups excluding carboxylic acids is 1. The van der Waals surface area contributed by atoms with Crippen molar-refractivity contribution in [1.82, 2.24) is 9.80 Å². The van der Waals surface area contributed by atoms with E-state index in [-0.39, 0.29) is 29.5 Å². The van der Waals surface area contributed by atoms with E-state index in [1.54, 1.807) is 11.9 Å². The highest BCUT2D eigenvalue weighted by Crippen LogP contribution is 2.22. The number of benzene rings is 1. The quantitative estimate of drug-likeness (QED) is 0.785. The number of hydrogen-bond donors (Lipinski definition) is 0. The Labute approximate surface area is 156 Å². The highest BCUT2D eigenvalue weighted by atomic mass is 32.2. The molecule has 7 heteroatoms. The van der Waals surface area contributed by atoms with Crippen molar-refractivity contribution in [3.63, 3.8) is 0 Å². The number of para-hydroxylation sites is 1. The number of nitrogens with zero attached hydrogens (tertiary/aromatic N) is 3. The van der Waals surface area contributed by atoms with Gasteiger partial charge in [-0.1, -0.05) is 18.2 Å². The van der Waals surface area contributed by atoms with E-state index in [2.05, 4.69) is 41.0 Å². The Morgan fingerprint density at radius 2 is 1.85 bits per heavy atom. The predicted molar refractivity (Wildman–Crippen MR) is 104 cm³/mol. The molecule has 2 heterocycles. The average Bonchev–Trinajstić information content (AvgIpc) is 3.00. The van der Waals surface area contributed by atoms with Crippen LogP contribution in [-0.2, 0) is 14.6 Å². The predicted octanol–water partition coefficient (Wildman–Crippen LogP) is 1.15. The second kappa shape index (κ2) is 7.56. The summed E-state index contributed by atoms with van der Waals surface area (Å²) in [4.78, 5) is 19.1. The monoisotopic (exact) mass is 379 g/mol. The van der Waals surface area contributed by atoms with Crippen LogP contribution in [0.1, 0.15) is 18.9 Å². The molecule has 6 nitrogen and oxygen atoms in total. The zero-order valence-corrected chi connectivity index (χ0v) is 16.7. The number of amides is 1. The summed E-state index contributed by atoms with van der Waals surface area (Å²) in [6.45, 7) is 7.51. The Balaban J connectivity index is 1.57. The fraction of sp³-hybridized carbons (Fsp3) is 0.632. The molecule has 2 unspecified atom stereocenters. The lowest BCUT2D eigenvalue weighted by Crippen LogP contribution is -2.55. The molecule has 0 N–H and O–H groups in total. The minimum absolute atomic E-state index is 0.0245. The number of rotatable bonds is 4. The van der Waals surface area contributed by atoms with Gasteiger partial charge in [-0.3, -0.25) is 9.69 Å². The number of anilines is 1. The van der Waals surface area contributed by atoms with Crippen LogP contribution in [0.3, 0.4) is 0 Å². The fourth-order valence-corrected chi connectivity index (χ4v) is 5.75. The summed E-state index contributed by atoms with van der Waals surface area (Å²) in [6, 6.07) is 7.98. The molecule has 2 atom stereocenters. The first-order chi connectivity index (χ1) is 12.3. The molecular weight excluding hydrogens is 350 g/mol. The molecule has 0 bridgehead atoms. The van der Waals surface area contributed by atoms with E-state index < -0.39 is 9.84 Å². The Hall–Kier alpha value is -1.60. The van der Waals surface area contributed by atoms with E-state index in [1.807, 2.05) is 6.92 Å². The summed E-state index contributed by atoms with van der Waals surface area (Å²) in [5, 5.41) is 0. The van der Waals surface area contributed by atoms with Crippen LogP contribution in [0, 0.1) is 6.92 Å². The molecule has 1 aromatic rings. The summed E-state index contributed by atoms with van der Waals surface area (Å²) >= 11 is 0. The lowest BCUT2D eigenvalue weighted by molar-refractivity contribution is -0.136. The first kappa shape index (κ1) is 19.2. The molecule has 2 saturated heterocycles. The molecule has 26 heavy (non-hydrogen) atoms. The van der Waals surface area contributed by atoms with E-state index in [0.29, 0.717) is 6.42 Å². The van der Waals surface area contributed by atoms with Crippen LogP contribution in [0.15, 0.2) is 24.3 Å². The molecule has 144 valence electrons. The molecule has 1 aromatic carbocycles. The number of piperazine rings is 1. The van der Waals surface area contributed by atoms with Crippen molar-refractivity contribution in [3.05, 3.63) is 29.8 Å². The SMILES string of the molecule is Cc1ccccc1N1CCN(C(C)C(=O)N(C)C2CCS(=O)(=O)C2)CC1. The van der Waals surface area contributed by atoms with Crippen LogP contribution in [0.25, 0.3) is 0 Å². The normalized spacial score (nSPS) is 24.4. The van der Waals surface area contributed by atoms with Gasteiger partial charge in [-0.05, 0) is 31.9 Å². The zero-order chi connectivity index (χ0) is 18.9. The molecular formula is C19H29N3O3S. The third kappa shape index (κ3) is 4.04. The van der Waals surface area contributed by atoms with Gasteiger partial charge in [0.15, 0.2) is 9.84 Å². The summed E-state index contributed by atoms with van der Waals surface area (Å²) in [5.74, 6) is 0.318. The molecule has 0 saturated carbocycles. The lowest BCUT2D eigenvalue weighted by atomic mass is 10.1. The third-order valence-electron chi connectivity index (χ3n) is 5.78. The summed E-state index contributed by atoms with van der Waals surface area (Å²) in [6.07, 6.45) is 0.554. The molecule has 0 aromatic heterocycles. The number of aryl methyl sites for hydroxylation is 1. The van der Waals surface area contributed by atoms with Gasteiger partial charge in [0.1, 0.15) is 0 Å². The van der Waals surface area contributed by atoms with E-state index in [4.69, 9.17) is 0 Å². The third-order valence-corrected chi connectivity index (χ3v) is 7.53. The van der Waals surface area contributed by atoms with Gasteiger partial charge in [-0.15, -0.1) is 0 Å².